The first kappa shape index (κ1) is 15.2. The molecule has 0 aliphatic heterocycles. The van der Waals surface area contributed by atoms with Crippen molar-refractivity contribution in [3.05, 3.63) is 18.7 Å². The highest BCUT2D eigenvalue weighted by molar-refractivity contribution is 9.08. The third-order valence-corrected chi connectivity index (χ3v) is 1.37. The third-order valence-electron chi connectivity index (χ3n) is 1.37. The molecule has 78 valence electrons. The van der Waals surface area contributed by atoms with Crippen LogP contribution in [0.15, 0.2) is 18.7 Å². The number of unbranched alkanes of at least 4 members (excludes halogenated alkanes) is 1. The molecular formula is C10H22BrN2+. The van der Waals surface area contributed by atoms with Gasteiger partial charge in [-0.1, -0.05) is 43.1 Å². The molecule has 13 heavy (non-hydrogen) atoms. The lowest BCUT2D eigenvalue weighted by Gasteiger charge is -1.89. The summed E-state index contributed by atoms with van der Waals surface area (Å²) in [6.07, 6.45) is 8.50. The van der Waals surface area contributed by atoms with Crippen molar-refractivity contribution in [3.8, 4) is 0 Å². The van der Waals surface area contributed by atoms with Crippen LogP contribution in [0.25, 0.3) is 0 Å². The quantitative estimate of drug-likeness (QED) is 0.628. The van der Waals surface area contributed by atoms with Gasteiger partial charge in [-0.15, -0.1) is 0 Å². The summed E-state index contributed by atoms with van der Waals surface area (Å²) < 4.78 is 2.16. The molecule has 3 heteroatoms. The van der Waals surface area contributed by atoms with Crippen molar-refractivity contribution in [2.75, 3.05) is 5.83 Å². The molecule has 0 bridgehead atoms. The van der Waals surface area contributed by atoms with E-state index in [-0.39, 0.29) is 0 Å². The number of aromatic amines is 1. The van der Waals surface area contributed by atoms with Gasteiger partial charge in [0.25, 0.3) is 0 Å². The van der Waals surface area contributed by atoms with Crippen LogP contribution in [0.2, 0.25) is 0 Å². The molecule has 0 saturated heterocycles. The van der Waals surface area contributed by atoms with E-state index >= 15 is 0 Å². The fraction of sp³-hybridized carbons (Fsp3) is 0.700. The van der Waals surface area contributed by atoms with Crippen molar-refractivity contribution in [1.82, 2.24) is 4.98 Å². The van der Waals surface area contributed by atoms with E-state index in [1.807, 2.05) is 32.2 Å². The molecule has 0 aliphatic carbocycles. The Bertz CT molecular complexity index is 150. The van der Waals surface area contributed by atoms with Crippen molar-refractivity contribution in [2.24, 2.45) is 0 Å². The second-order valence-corrected chi connectivity index (χ2v) is 2.20. The predicted molar refractivity (Wildman–Crippen MR) is 62.1 cm³/mol. The first-order valence-electron chi connectivity index (χ1n) is 4.83. The number of alkyl halides is 1. The number of aromatic nitrogens is 2. The van der Waals surface area contributed by atoms with Gasteiger partial charge in [-0.3, -0.25) is 4.98 Å². The van der Waals surface area contributed by atoms with Gasteiger partial charge in [-0.2, -0.15) is 0 Å². The Labute approximate surface area is 90.5 Å². The van der Waals surface area contributed by atoms with E-state index in [0.717, 1.165) is 6.54 Å². The van der Waals surface area contributed by atoms with Gasteiger partial charge >= 0.3 is 0 Å². The third kappa shape index (κ3) is 9.61. The molecule has 0 spiro atoms. The Kier molecular flexibility index (Phi) is 16.6. The van der Waals surface area contributed by atoms with Gasteiger partial charge in [-0.25, -0.2) is 4.57 Å². The Morgan fingerprint density at radius 3 is 2.31 bits per heavy atom. The summed E-state index contributed by atoms with van der Waals surface area (Å²) >= 11 is 2.94. The normalized spacial score (nSPS) is 7.77. The van der Waals surface area contributed by atoms with Crippen LogP contribution in [0.4, 0.5) is 0 Å². The Morgan fingerprint density at radius 1 is 1.31 bits per heavy atom. The molecule has 0 saturated carbocycles. The number of rotatable bonds is 3. The SMILES string of the molecule is CBr.CC.CCCC[n+]1cc[nH]c1. The van der Waals surface area contributed by atoms with E-state index in [9.17, 15) is 0 Å². The molecule has 0 unspecified atom stereocenters. The molecule has 0 radical (unpaired) electrons. The number of aryl methyl sites for hydroxylation is 1. The summed E-state index contributed by atoms with van der Waals surface area (Å²) in [5, 5.41) is 0. The van der Waals surface area contributed by atoms with Crippen molar-refractivity contribution < 1.29 is 4.57 Å². The van der Waals surface area contributed by atoms with Crippen molar-refractivity contribution in [3.63, 3.8) is 0 Å². The molecular weight excluding hydrogens is 228 g/mol. The first-order valence-corrected chi connectivity index (χ1v) is 6.41. The van der Waals surface area contributed by atoms with Gasteiger partial charge in [0.2, 0.25) is 6.33 Å². The number of nitrogens with one attached hydrogen (secondary N) is 1. The number of H-pyrrole nitrogens is 1. The molecule has 0 amide bonds. The molecule has 0 aliphatic rings. The van der Waals surface area contributed by atoms with E-state index in [0.29, 0.717) is 0 Å². The van der Waals surface area contributed by atoms with Gasteiger partial charge in [0.1, 0.15) is 12.4 Å². The van der Waals surface area contributed by atoms with Crippen LogP contribution in [0.1, 0.15) is 33.6 Å². The monoisotopic (exact) mass is 249 g/mol. The molecule has 2 nitrogen and oxygen atoms in total. The first-order chi connectivity index (χ1) is 6.43. The van der Waals surface area contributed by atoms with Crippen molar-refractivity contribution in [1.29, 1.82) is 0 Å². The summed E-state index contributed by atoms with van der Waals surface area (Å²) in [7, 11) is 0. The van der Waals surface area contributed by atoms with Crippen LogP contribution in [0.5, 0.6) is 0 Å². The second-order valence-electron chi connectivity index (χ2n) is 2.20. The highest BCUT2D eigenvalue weighted by Gasteiger charge is 1.92. The lowest BCUT2D eigenvalue weighted by molar-refractivity contribution is -0.696. The van der Waals surface area contributed by atoms with Crippen LogP contribution < -0.4 is 4.57 Å². The van der Waals surface area contributed by atoms with Gasteiger partial charge < -0.3 is 0 Å². The summed E-state index contributed by atoms with van der Waals surface area (Å²) in [6.45, 7) is 7.34. The van der Waals surface area contributed by atoms with Gasteiger partial charge in [0.15, 0.2) is 0 Å². The molecule has 1 rings (SSSR count). The molecule has 1 aromatic rings. The van der Waals surface area contributed by atoms with Gasteiger partial charge in [0.05, 0.1) is 6.54 Å². The number of hydrogen-bond donors (Lipinski definition) is 1. The summed E-state index contributed by atoms with van der Waals surface area (Å²) in [5.41, 5.74) is 0. The minimum Gasteiger partial charge on any atom is -0.250 e. The minimum atomic E-state index is 1.14. The van der Waals surface area contributed by atoms with Gasteiger partial charge in [0, 0.05) is 0 Å². The van der Waals surface area contributed by atoms with E-state index in [1.165, 1.54) is 12.8 Å². The topological polar surface area (TPSA) is 19.7 Å². The van der Waals surface area contributed by atoms with Crippen molar-refractivity contribution in [2.45, 2.75) is 40.2 Å². The highest BCUT2D eigenvalue weighted by atomic mass is 79.9. The maximum absolute atomic E-state index is 3.00. The Hall–Kier alpha value is -0.310. The maximum atomic E-state index is 3.00. The number of imidazole rings is 1. The smallest absolute Gasteiger partial charge is 0.241 e. The maximum Gasteiger partial charge on any atom is 0.241 e. The summed E-state index contributed by atoms with van der Waals surface area (Å²) in [4.78, 5) is 3.00. The van der Waals surface area contributed by atoms with Crippen LogP contribution in [0, 0.1) is 0 Å². The van der Waals surface area contributed by atoms with E-state index in [1.54, 1.807) is 0 Å². The van der Waals surface area contributed by atoms with Crippen LogP contribution in [-0.4, -0.2) is 10.8 Å². The standard InChI is InChI=1S/C7H12N2.C2H6.CH3Br/c1-2-3-5-9-6-4-8-7-9;2*1-2/h4,6-7H,2-3,5H2,1H3;1-2H3;1H3/p+1. The van der Waals surface area contributed by atoms with E-state index in [4.69, 9.17) is 0 Å². The van der Waals surface area contributed by atoms with E-state index in [2.05, 4.69) is 38.6 Å². The van der Waals surface area contributed by atoms with Gasteiger partial charge in [-0.05, 0) is 12.3 Å². The lowest BCUT2D eigenvalue weighted by atomic mass is 10.3. The zero-order valence-electron chi connectivity index (χ0n) is 9.18. The number of halogens is 1. The molecule has 1 aromatic heterocycles. The average Bonchev–Trinajstić information content (AvgIpc) is 2.73. The summed E-state index contributed by atoms with van der Waals surface area (Å²) in [5.74, 6) is 1.81. The minimum absolute atomic E-state index is 1.14. The van der Waals surface area contributed by atoms with Crippen LogP contribution in [-0.2, 0) is 6.54 Å². The Balaban J connectivity index is 0. The second kappa shape index (κ2) is 14.2. The largest absolute Gasteiger partial charge is 0.250 e. The fourth-order valence-electron chi connectivity index (χ4n) is 0.800. The van der Waals surface area contributed by atoms with E-state index < -0.39 is 0 Å². The zero-order chi connectivity index (χ0) is 10.5. The van der Waals surface area contributed by atoms with Crippen molar-refractivity contribution >= 4 is 15.9 Å². The van der Waals surface area contributed by atoms with Crippen LogP contribution in [0.3, 0.4) is 0 Å². The molecule has 0 atom stereocenters. The zero-order valence-corrected chi connectivity index (χ0v) is 10.8. The Morgan fingerprint density at radius 2 is 1.92 bits per heavy atom. The molecule has 0 aromatic carbocycles. The molecule has 1 heterocycles. The number of nitrogens with zero attached hydrogens (tertiary/aromatic N) is 1. The number of hydrogen-bond acceptors (Lipinski definition) is 0. The van der Waals surface area contributed by atoms with Crippen LogP contribution >= 0.6 is 15.9 Å². The summed E-state index contributed by atoms with van der Waals surface area (Å²) in [6, 6.07) is 0. The lowest BCUT2D eigenvalue weighted by Crippen LogP contribution is -2.29. The average molecular weight is 250 g/mol. The highest BCUT2D eigenvalue weighted by Crippen LogP contribution is 1.84. The predicted octanol–water partition coefficient (Wildman–Crippen LogP) is 3.14. The molecule has 1 N–H and O–H groups in total. The fourth-order valence-corrected chi connectivity index (χ4v) is 0.800. The molecule has 0 fully saturated rings.